The number of benzene rings is 9. The second kappa shape index (κ2) is 11.8. The first-order valence-corrected chi connectivity index (χ1v) is 20.0. The molecule has 0 saturated carbocycles. The fourth-order valence-electron chi connectivity index (χ4n) is 10.1. The summed E-state index contributed by atoms with van der Waals surface area (Å²) >= 11 is 0. The lowest BCUT2D eigenvalue weighted by Crippen LogP contribution is -2.01. The summed E-state index contributed by atoms with van der Waals surface area (Å²) < 4.78 is 9.90. The van der Waals surface area contributed by atoms with E-state index in [1.807, 2.05) is 0 Å². The van der Waals surface area contributed by atoms with Crippen LogP contribution in [0.15, 0.2) is 206 Å². The van der Waals surface area contributed by atoms with Gasteiger partial charge < -0.3 is 18.3 Å². The quantitative estimate of drug-likeness (QED) is 0.171. The van der Waals surface area contributed by atoms with Crippen molar-refractivity contribution in [2.75, 3.05) is 0 Å². The predicted molar refractivity (Wildman–Crippen MR) is 244 cm³/mol. The molecule has 0 bridgehead atoms. The molecule has 9 aromatic carbocycles. The molecule has 0 atom stereocenters. The van der Waals surface area contributed by atoms with E-state index in [9.17, 15) is 0 Å². The lowest BCUT2D eigenvalue weighted by atomic mass is 10.1. The number of fused-ring (bicyclic) bond motifs is 12. The van der Waals surface area contributed by atoms with Crippen LogP contribution in [-0.2, 0) is 0 Å². The van der Waals surface area contributed by atoms with Gasteiger partial charge in [0.15, 0.2) is 0 Å². The van der Waals surface area contributed by atoms with Gasteiger partial charge in [0.1, 0.15) is 0 Å². The van der Waals surface area contributed by atoms with E-state index in [-0.39, 0.29) is 0 Å². The Morgan fingerprint density at radius 3 is 1.14 bits per heavy atom. The number of para-hydroxylation sites is 7. The topological polar surface area (TPSA) is 19.7 Å². The maximum absolute atomic E-state index is 2.53. The summed E-state index contributed by atoms with van der Waals surface area (Å²) in [5.41, 5.74) is 14.1. The summed E-state index contributed by atoms with van der Waals surface area (Å²) in [4.78, 5) is 0. The largest absolute Gasteiger partial charge is 0.309 e. The zero-order valence-corrected chi connectivity index (χ0v) is 31.4. The second-order valence-corrected chi connectivity index (χ2v) is 15.3. The van der Waals surface area contributed by atoms with Gasteiger partial charge in [0.25, 0.3) is 0 Å². The third-order valence-corrected chi connectivity index (χ3v) is 12.3. The summed E-state index contributed by atoms with van der Waals surface area (Å²) in [6.45, 7) is 0. The van der Waals surface area contributed by atoms with Crippen molar-refractivity contribution in [3.8, 4) is 22.7 Å². The fourth-order valence-corrected chi connectivity index (χ4v) is 10.1. The molecule has 0 aliphatic rings. The summed E-state index contributed by atoms with van der Waals surface area (Å²) in [5, 5.41) is 9.89. The molecule has 0 saturated heterocycles. The first kappa shape index (κ1) is 31.4. The van der Waals surface area contributed by atoms with Gasteiger partial charge in [-0.05, 0) is 72.8 Å². The average Bonchev–Trinajstić information content (AvgIpc) is 4.02. The molecular weight excluding hydrogens is 705 g/mol. The van der Waals surface area contributed by atoms with Crippen molar-refractivity contribution in [2.24, 2.45) is 0 Å². The van der Waals surface area contributed by atoms with Gasteiger partial charge in [0.05, 0.1) is 61.2 Å². The highest BCUT2D eigenvalue weighted by atomic mass is 15.1. The number of hydrogen-bond donors (Lipinski definition) is 0. The van der Waals surface area contributed by atoms with Gasteiger partial charge >= 0.3 is 0 Å². The van der Waals surface area contributed by atoms with Crippen LogP contribution in [0.1, 0.15) is 0 Å². The zero-order chi connectivity index (χ0) is 37.9. The highest BCUT2D eigenvalue weighted by Crippen LogP contribution is 2.44. The maximum Gasteiger partial charge on any atom is 0.0782 e. The normalized spacial score (nSPS) is 12.1. The minimum atomic E-state index is 1.15. The molecule has 0 radical (unpaired) electrons. The molecule has 13 aromatic rings. The van der Waals surface area contributed by atoms with Gasteiger partial charge in [0.2, 0.25) is 0 Å². The van der Waals surface area contributed by atoms with E-state index in [1.165, 1.54) is 92.9 Å². The monoisotopic (exact) mass is 738 g/mol. The van der Waals surface area contributed by atoms with Gasteiger partial charge in [-0.2, -0.15) is 0 Å². The molecule has 0 unspecified atom stereocenters. The molecule has 13 rings (SSSR count). The van der Waals surface area contributed by atoms with Crippen molar-refractivity contribution in [1.82, 2.24) is 18.3 Å². The Bertz CT molecular complexity index is 3740. The molecule has 4 nitrogen and oxygen atoms in total. The first-order valence-electron chi connectivity index (χ1n) is 20.0. The Morgan fingerprint density at radius 2 is 0.552 bits per heavy atom. The van der Waals surface area contributed by atoms with Crippen molar-refractivity contribution in [1.29, 1.82) is 0 Å². The number of nitrogens with zero attached hydrogens (tertiary/aromatic N) is 4. The summed E-state index contributed by atoms with van der Waals surface area (Å²) in [7, 11) is 0. The van der Waals surface area contributed by atoms with Crippen LogP contribution in [-0.4, -0.2) is 18.3 Å². The summed E-state index contributed by atoms with van der Waals surface area (Å²) in [5.74, 6) is 0. The highest BCUT2D eigenvalue weighted by molar-refractivity contribution is 6.20. The van der Waals surface area contributed by atoms with Crippen molar-refractivity contribution >= 4 is 87.2 Å². The van der Waals surface area contributed by atoms with Gasteiger partial charge in [-0.25, -0.2) is 0 Å². The van der Waals surface area contributed by atoms with E-state index in [1.54, 1.807) is 0 Å². The number of aromatic nitrogens is 4. The van der Waals surface area contributed by atoms with Crippen LogP contribution in [0.5, 0.6) is 0 Å². The fraction of sp³-hybridized carbons (Fsp3) is 0. The minimum absolute atomic E-state index is 1.15. The van der Waals surface area contributed by atoms with Crippen LogP contribution in [0.3, 0.4) is 0 Å². The maximum atomic E-state index is 2.53. The van der Waals surface area contributed by atoms with Crippen LogP contribution in [0.25, 0.3) is 110 Å². The molecular formula is C54H34N4. The molecule has 4 heteroatoms. The molecule has 0 N–H and O–H groups in total. The first-order chi connectivity index (χ1) is 28.8. The lowest BCUT2D eigenvalue weighted by molar-refractivity contribution is 1.14. The Labute approximate surface area is 333 Å². The average molecular weight is 739 g/mol. The number of hydrogen-bond acceptors (Lipinski definition) is 0. The molecule has 4 aromatic heterocycles. The Kier molecular flexibility index (Phi) is 6.41. The molecule has 4 heterocycles. The van der Waals surface area contributed by atoms with Crippen LogP contribution in [0.2, 0.25) is 0 Å². The van der Waals surface area contributed by atoms with E-state index in [2.05, 4.69) is 225 Å². The lowest BCUT2D eigenvalue weighted by Gasteiger charge is -2.16. The second-order valence-electron chi connectivity index (χ2n) is 15.3. The molecule has 0 aliphatic heterocycles. The third-order valence-electron chi connectivity index (χ3n) is 12.3. The smallest absolute Gasteiger partial charge is 0.0782 e. The van der Waals surface area contributed by atoms with E-state index in [0.717, 1.165) is 17.1 Å². The molecule has 58 heavy (non-hydrogen) atoms. The van der Waals surface area contributed by atoms with Gasteiger partial charge in [0, 0.05) is 48.8 Å². The molecule has 270 valence electrons. The van der Waals surface area contributed by atoms with Crippen LogP contribution in [0, 0.1) is 0 Å². The van der Waals surface area contributed by atoms with Gasteiger partial charge in [-0.1, -0.05) is 133 Å². The van der Waals surface area contributed by atoms with E-state index < -0.39 is 0 Å². The molecule has 0 amide bonds. The van der Waals surface area contributed by atoms with Crippen LogP contribution < -0.4 is 0 Å². The van der Waals surface area contributed by atoms with Crippen molar-refractivity contribution < 1.29 is 0 Å². The summed E-state index contributed by atoms with van der Waals surface area (Å²) in [6.07, 6.45) is 0. The predicted octanol–water partition coefficient (Wildman–Crippen LogP) is 14.1. The minimum Gasteiger partial charge on any atom is -0.309 e. The molecule has 0 aliphatic carbocycles. The highest BCUT2D eigenvalue weighted by Gasteiger charge is 2.24. The molecule has 0 fully saturated rings. The van der Waals surface area contributed by atoms with E-state index in [4.69, 9.17) is 0 Å². The Morgan fingerprint density at radius 1 is 0.207 bits per heavy atom. The van der Waals surface area contributed by atoms with E-state index >= 15 is 0 Å². The summed E-state index contributed by atoms with van der Waals surface area (Å²) in [6, 6.07) is 75.4. The Hall–Kier alpha value is -7.82. The van der Waals surface area contributed by atoms with Crippen molar-refractivity contribution in [2.45, 2.75) is 0 Å². The van der Waals surface area contributed by atoms with E-state index in [0.29, 0.717) is 0 Å². The van der Waals surface area contributed by atoms with Crippen LogP contribution >= 0.6 is 0 Å². The van der Waals surface area contributed by atoms with Crippen molar-refractivity contribution in [3.63, 3.8) is 0 Å². The zero-order valence-electron chi connectivity index (χ0n) is 31.4. The van der Waals surface area contributed by atoms with Crippen LogP contribution in [0.4, 0.5) is 0 Å². The van der Waals surface area contributed by atoms with Gasteiger partial charge in [-0.3, -0.25) is 0 Å². The SMILES string of the molecule is c1ccc(-n2c3ccccc3c3c(-n4c5ccccc5c5c(-n6c7ccccc7c7cccc(-n8c9ccccc9c9ccccc98)c76)cccc54)cccc32)cc1. The van der Waals surface area contributed by atoms with Gasteiger partial charge in [-0.15, -0.1) is 0 Å². The van der Waals surface area contributed by atoms with Crippen molar-refractivity contribution in [3.05, 3.63) is 206 Å². The third kappa shape index (κ3) is 4.13. The standard InChI is InChI=1S/C54H34N4/c1-2-17-35(18-3-1)55-45-28-12-7-22-40(45)52-47(55)30-15-31-48(52)57-46-29-13-8-23-41(46)53-49(57)32-16-33-50(53)58-44-27-11-6-21-38(44)39-24-14-34-51(54(39)58)56-42-25-9-4-19-36(42)37-20-5-10-26-43(37)56/h1-34H. The molecule has 0 spiro atoms. The Balaban J connectivity index is 1.17. The number of rotatable bonds is 4.